The first-order valence-corrected chi connectivity index (χ1v) is 12.0. The first kappa shape index (κ1) is 19.5. The van der Waals surface area contributed by atoms with E-state index in [4.69, 9.17) is 11.6 Å². The Labute approximate surface area is 173 Å². The number of amidine groups is 1. The van der Waals surface area contributed by atoms with Crippen molar-refractivity contribution in [2.75, 3.05) is 16.4 Å². The average Bonchev–Trinajstić information content (AvgIpc) is 3.06. The SMILES string of the molecule is Cc1cccc(CC(=O)N=C2S[C@@H]3CS(=O)(=O)C[C@H]3N2c2ccccc2Cl)c1. The predicted molar refractivity (Wildman–Crippen MR) is 115 cm³/mol. The Morgan fingerprint density at radius 3 is 2.75 bits per heavy atom. The molecule has 28 heavy (non-hydrogen) atoms. The van der Waals surface area contributed by atoms with Crippen molar-refractivity contribution in [3.05, 3.63) is 64.7 Å². The highest BCUT2D eigenvalue weighted by molar-refractivity contribution is 8.16. The number of para-hydroxylation sites is 1. The molecule has 2 heterocycles. The largest absolute Gasteiger partial charge is 0.314 e. The van der Waals surface area contributed by atoms with Crippen LogP contribution in [0.4, 0.5) is 5.69 Å². The third kappa shape index (κ3) is 3.97. The van der Waals surface area contributed by atoms with Crippen molar-refractivity contribution < 1.29 is 13.2 Å². The zero-order valence-electron chi connectivity index (χ0n) is 15.2. The van der Waals surface area contributed by atoms with E-state index >= 15 is 0 Å². The van der Waals surface area contributed by atoms with E-state index in [0.717, 1.165) is 11.1 Å². The molecule has 2 aliphatic heterocycles. The van der Waals surface area contributed by atoms with Gasteiger partial charge >= 0.3 is 0 Å². The second kappa shape index (κ2) is 7.54. The lowest BCUT2D eigenvalue weighted by Crippen LogP contribution is -2.38. The summed E-state index contributed by atoms with van der Waals surface area (Å²) in [5.41, 5.74) is 2.68. The highest BCUT2D eigenvalue weighted by Gasteiger charge is 2.49. The van der Waals surface area contributed by atoms with Gasteiger partial charge in [-0.3, -0.25) is 4.79 Å². The third-order valence-corrected chi connectivity index (χ3v) is 8.37. The van der Waals surface area contributed by atoms with E-state index in [2.05, 4.69) is 4.99 Å². The Balaban J connectivity index is 1.66. The average molecular weight is 435 g/mol. The Kier molecular flexibility index (Phi) is 5.24. The van der Waals surface area contributed by atoms with Gasteiger partial charge in [0.2, 0.25) is 0 Å². The van der Waals surface area contributed by atoms with Gasteiger partial charge < -0.3 is 4.90 Å². The summed E-state index contributed by atoms with van der Waals surface area (Å²) in [5, 5.41) is 0.884. The van der Waals surface area contributed by atoms with E-state index < -0.39 is 9.84 Å². The van der Waals surface area contributed by atoms with Crippen LogP contribution in [0.15, 0.2) is 53.5 Å². The maximum atomic E-state index is 12.6. The molecule has 4 rings (SSSR count). The van der Waals surface area contributed by atoms with E-state index in [0.29, 0.717) is 15.9 Å². The minimum absolute atomic E-state index is 0.0426. The van der Waals surface area contributed by atoms with Crippen molar-refractivity contribution in [3.63, 3.8) is 0 Å². The minimum atomic E-state index is -3.11. The number of benzene rings is 2. The smallest absolute Gasteiger partial charge is 0.252 e. The second-order valence-corrected chi connectivity index (χ2v) is 10.8. The summed E-state index contributed by atoms with van der Waals surface area (Å²) in [6.07, 6.45) is 0.204. The van der Waals surface area contributed by atoms with E-state index in [1.54, 1.807) is 6.07 Å². The Morgan fingerprint density at radius 1 is 1.21 bits per heavy atom. The number of thioether (sulfide) groups is 1. The summed E-state index contributed by atoms with van der Waals surface area (Å²) in [6, 6.07) is 14.7. The fourth-order valence-electron chi connectivity index (χ4n) is 3.64. The molecule has 0 spiro atoms. The molecular weight excluding hydrogens is 416 g/mol. The molecule has 0 saturated carbocycles. The van der Waals surface area contributed by atoms with Crippen LogP contribution in [0.3, 0.4) is 0 Å². The number of carbonyl (C=O) groups is 1. The van der Waals surface area contributed by atoms with E-state index in [1.165, 1.54) is 11.8 Å². The molecule has 0 aromatic heterocycles. The van der Waals surface area contributed by atoms with Crippen molar-refractivity contribution in [2.45, 2.75) is 24.6 Å². The van der Waals surface area contributed by atoms with Gasteiger partial charge in [0.25, 0.3) is 5.91 Å². The molecule has 0 unspecified atom stereocenters. The molecule has 5 nitrogen and oxygen atoms in total. The maximum absolute atomic E-state index is 12.6. The zero-order valence-corrected chi connectivity index (χ0v) is 17.6. The van der Waals surface area contributed by atoms with Gasteiger partial charge in [0, 0.05) is 5.25 Å². The zero-order chi connectivity index (χ0) is 19.9. The Hall–Kier alpha value is -1.83. The van der Waals surface area contributed by atoms with Crippen molar-refractivity contribution in [3.8, 4) is 0 Å². The van der Waals surface area contributed by atoms with Gasteiger partial charge in [-0.15, -0.1) is 0 Å². The van der Waals surface area contributed by atoms with Gasteiger partial charge in [0.15, 0.2) is 15.0 Å². The summed E-state index contributed by atoms with van der Waals surface area (Å²) in [5.74, 6) is -0.122. The van der Waals surface area contributed by atoms with Crippen LogP contribution in [0.25, 0.3) is 0 Å². The summed E-state index contributed by atoms with van der Waals surface area (Å²) in [7, 11) is -3.11. The quantitative estimate of drug-likeness (QED) is 0.739. The number of aryl methyl sites for hydroxylation is 1. The molecule has 2 aliphatic rings. The number of halogens is 1. The molecule has 2 aromatic carbocycles. The third-order valence-electron chi connectivity index (χ3n) is 4.84. The topological polar surface area (TPSA) is 66.8 Å². The van der Waals surface area contributed by atoms with Gasteiger partial charge in [-0.05, 0) is 24.6 Å². The normalized spacial score (nSPS) is 24.5. The standard InChI is InChI=1S/C20H19ClN2O3S2/c1-13-5-4-6-14(9-13)10-19(24)22-20-23(16-8-3-2-7-15(16)21)17-11-28(25,26)12-18(17)27-20/h2-9,17-18H,10-12H2,1H3/t17-,18-/m1/s1. The molecule has 2 atom stereocenters. The number of sulfone groups is 1. The molecular formula is C20H19ClN2O3S2. The van der Waals surface area contributed by atoms with Crippen LogP contribution >= 0.6 is 23.4 Å². The van der Waals surface area contributed by atoms with Gasteiger partial charge in [0.05, 0.1) is 34.7 Å². The Morgan fingerprint density at radius 2 is 2.00 bits per heavy atom. The molecule has 0 aliphatic carbocycles. The van der Waals surface area contributed by atoms with E-state index in [1.807, 2.05) is 54.3 Å². The number of anilines is 1. The molecule has 2 fully saturated rings. The molecule has 2 aromatic rings. The first-order chi connectivity index (χ1) is 13.3. The first-order valence-electron chi connectivity index (χ1n) is 8.90. The fraction of sp³-hybridized carbons (Fsp3) is 0.300. The van der Waals surface area contributed by atoms with Gasteiger partial charge in [-0.1, -0.05) is 65.3 Å². The number of hydrogen-bond donors (Lipinski definition) is 0. The molecule has 0 bridgehead atoms. The second-order valence-electron chi connectivity index (χ2n) is 7.08. The molecule has 2 saturated heterocycles. The van der Waals surface area contributed by atoms with Crippen LogP contribution < -0.4 is 4.90 Å². The van der Waals surface area contributed by atoms with Gasteiger partial charge in [0.1, 0.15) is 0 Å². The van der Waals surface area contributed by atoms with Crippen molar-refractivity contribution >= 4 is 50.0 Å². The summed E-state index contributed by atoms with van der Waals surface area (Å²) >= 11 is 7.73. The van der Waals surface area contributed by atoms with Crippen LogP contribution in [-0.2, 0) is 21.1 Å². The summed E-state index contributed by atoms with van der Waals surface area (Å²) in [4.78, 5) is 18.8. The Bertz CT molecular complexity index is 1070. The van der Waals surface area contributed by atoms with Crippen molar-refractivity contribution in [1.29, 1.82) is 0 Å². The minimum Gasteiger partial charge on any atom is -0.314 e. The lowest BCUT2D eigenvalue weighted by Gasteiger charge is -2.25. The number of carbonyl (C=O) groups excluding carboxylic acids is 1. The highest BCUT2D eigenvalue weighted by Crippen LogP contribution is 2.42. The van der Waals surface area contributed by atoms with E-state index in [9.17, 15) is 13.2 Å². The van der Waals surface area contributed by atoms with Crippen molar-refractivity contribution in [2.24, 2.45) is 4.99 Å². The molecule has 8 heteroatoms. The number of amides is 1. The van der Waals surface area contributed by atoms with E-state index in [-0.39, 0.29) is 35.1 Å². The van der Waals surface area contributed by atoms with Gasteiger partial charge in [-0.2, -0.15) is 4.99 Å². The summed E-state index contributed by atoms with van der Waals surface area (Å²) < 4.78 is 24.3. The number of fused-ring (bicyclic) bond motifs is 1. The molecule has 0 radical (unpaired) electrons. The fourth-order valence-corrected chi connectivity index (χ4v) is 7.79. The molecule has 1 amide bonds. The summed E-state index contributed by atoms with van der Waals surface area (Å²) in [6.45, 7) is 1.98. The van der Waals surface area contributed by atoms with Gasteiger partial charge in [-0.25, -0.2) is 8.42 Å². The number of aliphatic imine (C=N–C) groups is 1. The lowest BCUT2D eigenvalue weighted by molar-refractivity contribution is -0.117. The van der Waals surface area contributed by atoms with Crippen LogP contribution in [-0.4, -0.2) is 42.3 Å². The number of rotatable bonds is 3. The molecule has 0 N–H and O–H groups in total. The van der Waals surface area contributed by atoms with Crippen LogP contribution in [0, 0.1) is 6.92 Å². The van der Waals surface area contributed by atoms with Crippen LogP contribution in [0.1, 0.15) is 11.1 Å². The molecule has 146 valence electrons. The highest BCUT2D eigenvalue weighted by atomic mass is 35.5. The number of hydrogen-bond acceptors (Lipinski definition) is 4. The monoisotopic (exact) mass is 434 g/mol. The lowest BCUT2D eigenvalue weighted by atomic mass is 10.1. The van der Waals surface area contributed by atoms with Crippen molar-refractivity contribution in [1.82, 2.24) is 0 Å². The predicted octanol–water partition coefficient (Wildman–Crippen LogP) is 3.49. The van der Waals surface area contributed by atoms with Crippen LogP contribution in [0.5, 0.6) is 0 Å². The van der Waals surface area contributed by atoms with Crippen LogP contribution in [0.2, 0.25) is 5.02 Å². The maximum Gasteiger partial charge on any atom is 0.252 e. The number of nitrogens with zero attached hydrogens (tertiary/aromatic N) is 2.